The molecule has 1 aliphatic heterocycles. The Morgan fingerprint density at radius 1 is 1.20 bits per heavy atom. The summed E-state index contributed by atoms with van der Waals surface area (Å²) in [6, 6.07) is 8.81. The van der Waals surface area contributed by atoms with Crippen LogP contribution < -0.4 is 0 Å². The number of halogens is 1. The Balaban J connectivity index is 2.04. The Morgan fingerprint density at radius 2 is 2.00 bits per heavy atom. The SMILES string of the molecule is ClCCCN1CCCc2ccccc2C1. The van der Waals surface area contributed by atoms with Crippen molar-refractivity contribution < 1.29 is 0 Å². The third-order valence-corrected chi connectivity index (χ3v) is 3.31. The van der Waals surface area contributed by atoms with E-state index in [-0.39, 0.29) is 0 Å². The summed E-state index contributed by atoms with van der Waals surface area (Å²) >= 11 is 5.74. The number of benzene rings is 1. The predicted molar refractivity (Wildman–Crippen MR) is 65.4 cm³/mol. The van der Waals surface area contributed by atoms with Gasteiger partial charge in [0.2, 0.25) is 0 Å². The van der Waals surface area contributed by atoms with E-state index in [9.17, 15) is 0 Å². The summed E-state index contributed by atoms with van der Waals surface area (Å²) in [7, 11) is 0. The molecule has 0 saturated heterocycles. The van der Waals surface area contributed by atoms with Crippen LogP contribution in [0.3, 0.4) is 0 Å². The van der Waals surface area contributed by atoms with Gasteiger partial charge >= 0.3 is 0 Å². The summed E-state index contributed by atoms with van der Waals surface area (Å²) in [5.74, 6) is 0.776. The summed E-state index contributed by atoms with van der Waals surface area (Å²) in [6.45, 7) is 3.45. The van der Waals surface area contributed by atoms with Crippen LogP contribution in [-0.4, -0.2) is 23.9 Å². The molecule has 0 N–H and O–H groups in total. The largest absolute Gasteiger partial charge is 0.299 e. The summed E-state index contributed by atoms with van der Waals surface area (Å²) in [6.07, 6.45) is 3.61. The lowest BCUT2D eigenvalue weighted by Gasteiger charge is -2.19. The zero-order valence-electron chi connectivity index (χ0n) is 9.08. The molecule has 0 radical (unpaired) electrons. The average molecular weight is 224 g/mol. The molecule has 0 amide bonds. The predicted octanol–water partition coefficient (Wildman–Crippen LogP) is 3.06. The normalized spacial score (nSPS) is 17.1. The Labute approximate surface area is 97.0 Å². The molecule has 0 saturated carbocycles. The number of hydrogen-bond donors (Lipinski definition) is 0. The summed E-state index contributed by atoms with van der Waals surface area (Å²) in [4.78, 5) is 2.52. The Bertz CT molecular complexity index is 309. The number of aryl methyl sites for hydroxylation is 1. The quantitative estimate of drug-likeness (QED) is 0.712. The third-order valence-electron chi connectivity index (χ3n) is 3.04. The van der Waals surface area contributed by atoms with Gasteiger partial charge in [0.1, 0.15) is 0 Å². The summed E-state index contributed by atoms with van der Waals surface area (Å²) in [5, 5.41) is 0. The van der Waals surface area contributed by atoms with Crippen LogP contribution in [0.5, 0.6) is 0 Å². The number of alkyl halides is 1. The topological polar surface area (TPSA) is 3.24 Å². The molecule has 2 heteroatoms. The maximum atomic E-state index is 5.74. The van der Waals surface area contributed by atoms with E-state index in [1.807, 2.05) is 0 Å². The minimum Gasteiger partial charge on any atom is -0.299 e. The smallest absolute Gasteiger partial charge is 0.0236 e. The van der Waals surface area contributed by atoms with E-state index < -0.39 is 0 Å². The van der Waals surface area contributed by atoms with Gasteiger partial charge in [-0.2, -0.15) is 0 Å². The Kier molecular flexibility index (Phi) is 4.04. The van der Waals surface area contributed by atoms with Gasteiger partial charge in [-0.05, 0) is 43.5 Å². The molecule has 1 aromatic carbocycles. The highest BCUT2D eigenvalue weighted by Crippen LogP contribution is 2.18. The second-order valence-electron chi connectivity index (χ2n) is 4.19. The van der Waals surface area contributed by atoms with Gasteiger partial charge in [0, 0.05) is 12.4 Å². The lowest BCUT2D eigenvalue weighted by molar-refractivity contribution is 0.271. The van der Waals surface area contributed by atoms with Crippen molar-refractivity contribution in [2.24, 2.45) is 0 Å². The number of rotatable bonds is 3. The van der Waals surface area contributed by atoms with Gasteiger partial charge in [-0.1, -0.05) is 24.3 Å². The highest BCUT2D eigenvalue weighted by Gasteiger charge is 2.12. The molecule has 0 fully saturated rings. The first-order chi connectivity index (χ1) is 7.40. The van der Waals surface area contributed by atoms with Crippen molar-refractivity contribution in [3.63, 3.8) is 0 Å². The molecule has 1 heterocycles. The van der Waals surface area contributed by atoms with E-state index in [0.717, 1.165) is 25.4 Å². The van der Waals surface area contributed by atoms with E-state index in [4.69, 9.17) is 11.6 Å². The molecule has 82 valence electrons. The molecular weight excluding hydrogens is 206 g/mol. The van der Waals surface area contributed by atoms with Crippen LogP contribution in [0.4, 0.5) is 0 Å². The summed E-state index contributed by atoms with van der Waals surface area (Å²) in [5.41, 5.74) is 3.04. The fraction of sp³-hybridized carbons (Fsp3) is 0.538. The number of nitrogens with zero attached hydrogens (tertiary/aromatic N) is 1. The molecule has 0 unspecified atom stereocenters. The first-order valence-electron chi connectivity index (χ1n) is 5.75. The second-order valence-corrected chi connectivity index (χ2v) is 4.57. The van der Waals surface area contributed by atoms with Crippen LogP contribution in [0.25, 0.3) is 0 Å². The van der Waals surface area contributed by atoms with Gasteiger partial charge in [0.25, 0.3) is 0 Å². The maximum absolute atomic E-state index is 5.74. The van der Waals surface area contributed by atoms with Crippen molar-refractivity contribution in [2.75, 3.05) is 19.0 Å². The average Bonchev–Trinajstić information content (AvgIpc) is 2.47. The molecule has 0 aromatic heterocycles. The zero-order chi connectivity index (χ0) is 10.5. The van der Waals surface area contributed by atoms with Crippen LogP contribution in [-0.2, 0) is 13.0 Å². The van der Waals surface area contributed by atoms with Crippen LogP contribution >= 0.6 is 11.6 Å². The second kappa shape index (κ2) is 5.53. The molecule has 15 heavy (non-hydrogen) atoms. The Morgan fingerprint density at radius 3 is 2.80 bits per heavy atom. The minimum absolute atomic E-state index is 0.776. The molecule has 0 atom stereocenters. The lowest BCUT2D eigenvalue weighted by atomic mass is 10.0. The van der Waals surface area contributed by atoms with Crippen molar-refractivity contribution in [1.29, 1.82) is 0 Å². The molecule has 0 aliphatic carbocycles. The van der Waals surface area contributed by atoms with Gasteiger partial charge in [0.05, 0.1) is 0 Å². The first-order valence-corrected chi connectivity index (χ1v) is 6.28. The molecule has 1 aliphatic rings. The minimum atomic E-state index is 0.776. The standard InChI is InChI=1S/C13H18ClN/c14-8-4-10-15-9-3-7-12-5-1-2-6-13(12)11-15/h1-2,5-6H,3-4,7-11H2. The highest BCUT2D eigenvalue weighted by molar-refractivity contribution is 6.17. The molecule has 0 spiro atoms. The number of hydrogen-bond acceptors (Lipinski definition) is 1. The fourth-order valence-electron chi connectivity index (χ4n) is 2.24. The molecule has 1 aromatic rings. The maximum Gasteiger partial charge on any atom is 0.0236 e. The van der Waals surface area contributed by atoms with E-state index in [1.54, 1.807) is 0 Å². The zero-order valence-corrected chi connectivity index (χ0v) is 9.84. The van der Waals surface area contributed by atoms with Crippen LogP contribution in [0.2, 0.25) is 0 Å². The summed E-state index contributed by atoms with van der Waals surface area (Å²) < 4.78 is 0. The van der Waals surface area contributed by atoms with E-state index in [1.165, 1.54) is 30.5 Å². The van der Waals surface area contributed by atoms with E-state index in [2.05, 4.69) is 29.2 Å². The first kappa shape index (κ1) is 11.0. The molecule has 0 bridgehead atoms. The van der Waals surface area contributed by atoms with Crippen LogP contribution in [0.15, 0.2) is 24.3 Å². The van der Waals surface area contributed by atoms with Crippen molar-refractivity contribution in [3.8, 4) is 0 Å². The van der Waals surface area contributed by atoms with E-state index in [0.29, 0.717) is 0 Å². The molecule has 1 nitrogen and oxygen atoms in total. The number of fused-ring (bicyclic) bond motifs is 1. The van der Waals surface area contributed by atoms with Gasteiger partial charge in [0.15, 0.2) is 0 Å². The highest BCUT2D eigenvalue weighted by atomic mass is 35.5. The van der Waals surface area contributed by atoms with Gasteiger partial charge in [-0.15, -0.1) is 11.6 Å². The molecule has 2 rings (SSSR count). The van der Waals surface area contributed by atoms with E-state index >= 15 is 0 Å². The monoisotopic (exact) mass is 223 g/mol. The van der Waals surface area contributed by atoms with Crippen molar-refractivity contribution in [2.45, 2.75) is 25.8 Å². The third kappa shape index (κ3) is 2.96. The van der Waals surface area contributed by atoms with Crippen molar-refractivity contribution >= 4 is 11.6 Å². The molecular formula is C13H18ClN. The lowest BCUT2D eigenvalue weighted by Crippen LogP contribution is -2.24. The van der Waals surface area contributed by atoms with Crippen molar-refractivity contribution in [1.82, 2.24) is 4.90 Å². The van der Waals surface area contributed by atoms with Crippen molar-refractivity contribution in [3.05, 3.63) is 35.4 Å². The van der Waals surface area contributed by atoms with Crippen LogP contribution in [0, 0.1) is 0 Å². The Hall–Kier alpha value is -0.530. The fourth-order valence-corrected chi connectivity index (χ4v) is 2.36. The van der Waals surface area contributed by atoms with Gasteiger partial charge in [-0.3, -0.25) is 4.90 Å². The van der Waals surface area contributed by atoms with Gasteiger partial charge < -0.3 is 0 Å². The van der Waals surface area contributed by atoms with Gasteiger partial charge in [-0.25, -0.2) is 0 Å². The van der Waals surface area contributed by atoms with Crippen LogP contribution in [0.1, 0.15) is 24.0 Å².